The van der Waals surface area contributed by atoms with Crippen LogP contribution in [0.15, 0.2) is 97.2 Å². The highest BCUT2D eigenvalue weighted by molar-refractivity contribution is 7.45. The number of phosphoric ester groups is 1. The summed E-state index contributed by atoms with van der Waals surface area (Å²) in [7, 11) is 1.23. The van der Waals surface area contributed by atoms with Crippen molar-refractivity contribution in [3.63, 3.8) is 0 Å². The van der Waals surface area contributed by atoms with Crippen molar-refractivity contribution in [1.82, 2.24) is 5.32 Å². The van der Waals surface area contributed by atoms with E-state index in [1.54, 1.807) is 6.08 Å². The number of carbonyl (C=O) groups is 1. The molecule has 0 aliphatic rings. The minimum Gasteiger partial charge on any atom is -0.756 e. The summed E-state index contributed by atoms with van der Waals surface area (Å²) in [4.78, 5) is 25.3. The van der Waals surface area contributed by atoms with Crippen LogP contribution < -0.4 is 10.2 Å². The van der Waals surface area contributed by atoms with Crippen LogP contribution in [0.4, 0.5) is 0 Å². The van der Waals surface area contributed by atoms with Crippen molar-refractivity contribution in [2.45, 2.75) is 231 Å². The molecule has 0 heterocycles. The third kappa shape index (κ3) is 51.3. The number of hydrogen-bond donors (Lipinski definition) is 2. The predicted molar refractivity (Wildman–Crippen MR) is 293 cm³/mol. The number of likely N-dealkylation sites (N-methyl/N-ethyl adjacent to an activating group) is 1. The number of phosphoric acid groups is 1. The van der Waals surface area contributed by atoms with Crippen LogP contribution >= 0.6 is 7.82 Å². The van der Waals surface area contributed by atoms with E-state index < -0.39 is 26.6 Å². The first-order valence-electron chi connectivity index (χ1n) is 27.6. The Hall–Kier alpha value is -2.58. The van der Waals surface area contributed by atoms with Gasteiger partial charge in [0.15, 0.2) is 0 Å². The average Bonchev–Trinajstić information content (AvgIpc) is 3.30. The number of unbranched alkanes of at least 4 members (excludes halogenated alkanes) is 23. The molecule has 0 radical (unpaired) electrons. The van der Waals surface area contributed by atoms with Gasteiger partial charge in [-0.05, 0) is 84.0 Å². The Morgan fingerprint density at radius 3 is 1.37 bits per heavy atom. The Bertz CT molecular complexity index is 1420. The Balaban J connectivity index is 3.90. The van der Waals surface area contributed by atoms with E-state index in [9.17, 15) is 19.4 Å². The second kappa shape index (κ2) is 49.4. The average molecular weight is 969 g/mol. The van der Waals surface area contributed by atoms with E-state index in [0.29, 0.717) is 17.4 Å². The van der Waals surface area contributed by atoms with Crippen molar-refractivity contribution < 1.29 is 32.9 Å². The zero-order valence-electron chi connectivity index (χ0n) is 44.5. The maximum absolute atomic E-state index is 12.9. The molecule has 0 spiro atoms. The van der Waals surface area contributed by atoms with Gasteiger partial charge in [0, 0.05) is 6.42 Å². The number of hydrogen-bond acceptors (Lipinski definition) is 6. The van der Waals surface area contributed by atoms with Crippen molar-refractivity contribution >= 4 is 13.7 Å². The molecular formula is C59H105N2O6P. The first-order chi connectivity index (χ1) is 33.0. The fourth-order valence-electron chi connectivity index (χ4n) is 7.57. The summed E-state index contributed by atoms with van der Waals surface area (Å²) in [6, 6.07) is -0.910. The van der Waals surface area contributed by atoms with Gasteiger partial charge in [-0.3, -0.25) is 9.36 Å². The smallest absolute Gasteiger partial charge is 0.268 e. The normalized spacial score (nSPS) is 14.8. The minimum absolute atomic E-state index is 0.0117. The number of nitrogens with one attached hydrogen (secondary N) is 1. The Kier molecular flexibility index (Phi) is 47.5. The minimum atomic E-state index is -4.60. The number of aliphatic hydroxyl groups is 1. The van der Waals surface area contributed by atoms with E-state index in [1.807, 2.05) is 40.2 Å². The zero-order chi connectivity index (χ0) is 49.9. The number of carbonyl (C=O) groups excluding carboxylic acids is 1. The molecular weight excluding hydrogens is 864 g/mol. The quantitative estimate of drug-likeness (QED) is 0.0272. The van der Waals surface area contributed by atoms with Gasteiger partial charge in [0.25, 0.3) is 7.82 Å². The Morgan fingerprint density at radius 2 is 0.926 bits per heavy atom. The molecule has 0 aliphatic carbocycles. The van der Waals surface area contributed by atoms with E-state index in [-0.39, 0.29) is 12.5 Å². The monoisotopic (exact) mass is 969 g/mol. The van der Waals surface area contributed by atoms with Crippen LogP contribution in [0.3, 0.4) is 0 Å². The molecule has 0 aromatic rings. The van der Waals surface area contributed by atoms with E-state index >= 15 is 0 Å². The van der Waals surface area contributed by atoms with Crippen LogP contribution in [0.5, 0.6) is 0 Å². The maximum atomic E-state index is 12.9. The van der Waals surface area contributed by atoms with Gasteiger partial charge in [0.1, 0.15) is 13.2 Å². The molecule has 0 saturated heterocycles. The first-order valence-corrected chi connectivity index (χ1v) is 29.0. The molecule has 0 saturated carbocycles. The molecule has 0 aromatic carbocycles. The molecule has 392 valence electrons. The summed E-state index contributed by atoms with van der Waals surface area (Å²) in [5.74, 6) is -0.215. The maximum Gasteiger partial charge on any atom is 0.268 e. The summed E-state index contributed by atoms with van der Waals surface area (Å²) in [5.41, 5.74) is 0. The number of nitrogens with zero attached hydrogens (tertiary/aromatic N) is 1. The van der Waals surface area contributed by atoms with Crippen molar-refractivity contribution in [2.75, 3.05) is 40.9 Å². The Labute approximate surface area is 419 Å². The molecule has 0 aromatic heterocycles. The molecule has 8 nitrogen and oxygen atoms in total. The molecule has 0 fully saturated rings. The molecule has 68 heavy (non-hydrogen) atoms. The van der Waals surface area contributed by atoms with Gasteiger partial charge in [-0.15, -0.1) is 0 Å². The van der Waals surface area contributed by atoms with Crippen molar-refractivity contribution in [1.29, 1.82) is 0 Å². The lowest BCUT2D eigenvalue weighted by molar-refractivity contribution is -0.870. The van der Waals surface area contributed by atoms with Gasteiger partial charge < -0.3 is 28.8 Å². The Morgan fingerprint density at radius 1 is 0.544 bits per heavy atom. The largest absolute Gasteiger partial charge is 0.756 e. The fraction of sp³-hybridized carbons (Fsp3) is 0.712. The zero-order valence-corrected chi connectivity index (χ0v) is 45.4. The topological polar surface area (TPSA) is 108 Å². The molecule has 3 unspecified atom stereocenters. The third-order valence-corrected chi connectivity index (χ3v) is 12.8. The van der Waals surface area contributed by atoms with Crippen molar-refractivity contribution in [2.24, 2.45) is 0 Å². The summed E-state index contributed by atoms with van der Waals surface area (Å²) in [6.45, 7) is 4.26. The van der Waals surface area contributed by atoms with Crippen LogP contribution in [0.25, 0.3) is 0 Å². The molecule has 0 bridgehead atoms. The number of amides is 1. The van der Waals surface area contributed by atoms with Gasteiger partial charge in [0.05, 0.1) is 39.9 Å². The second-order valence-electron chi connectivity index (χ2n) is 19.5. The molecule has 0 aliphatic heterocycles. The number of allylic oxidation sites excluding steroid dienone is 15. The summed E-state index contributed by atoms with van der Waals surface area (Å²) < 4.78 is 23.2. The highest BCUT2D eigenvalue weighted by Gasteiger charge is 2.23. The second-order valence-corrected chi connectivity index (χ2v) is 21.0. The van der Waals surface area contributed by atoms with Crippen LogP contribution in [0, 0.1) is 0 Å². The van der Waals surface area contributed by atoms with Gasteiger partial charge in [-0.2, -0.15) is 0 Å². The van der Waals surface area contributed by atoms with Crippen LogP contribution in [0.1, 0.15) is 219 Å². The van der Waals surface area contributed by atoms with Gasteiger partial charge in [0.2, 0.25) is 5.91 Å². The van der Waals surface area contributed by atoms with E-state index in [0.717, 1.165) is 77.0 Å². The van der Waals surface area contributed by atoms with Crippen LogP contribution in [-0.4, -0.2) is 68.5 Å². The number of aliphatic hydroxyl groups excluding tert-OH is 1. The number of quaternary nitrogens is 1. The highest BCUT2D eigenvalue weighted by Crippen LogP contribution is 2.38. The summed E-state index contributed by atoms with van der Waals surface area (Å²) in [6.07, 6.45) is 71.1. The first kappa shape index (κ1) is 65.4. The van der Waals surface area contributed by atoms with Gasteiger partial charge in [-0.25, -0.2) is 0 Å². The predicted octanol–water partition coefficient (Wildman–Crippen LogP) is 16.0. The van der Waals surface area contributed by atoms with E-state index in [4.69, 9.17) is 9.05 Å². The molecule has 0 rings (SSSR count). The lowest BCUT2D eigenvalue weighted by Gasteiger charge is -2.29. The lowest BCUT2D eigenvalue weighted by atomic mass is 10.0. The van der Waals surface area contributed by atoms with E-state index in [1.165, 1.54) is 122 Å². The summed E-state index contributed by atoms with van der Waals surface area (Å²) in [5, 5.41) is 13.7. The fourth-order valence-corrected chi connectivity index (χ4v) is 8.30. The molecule has 9 heteroatoms. The molecule has 3 atom stereocenters. The highest BCUT2D eigenvalue weighted by atomic mass is 31.2. The molecule has 1 amide bonds. The third-order valence-electron chi connectivity index (χ3n) is 11.9. The van der Waals surface area contributed by atoms with Crippen molar-refractivity contribution in [3.8, 4) is 0 Å². The summed E-state index contributed by atoms with van der Waals surface area (Å²) >= 11 is 0. The van der Waals surface area contributed by atoms with Crippen LogP contribution in [-0.2, 0) is 18.4 Å². The molecule has 2 N–H and O–H groups in total. The van der Waals surface area contributed by atoms with E-state index in [2.05, 4.69) is 91.2 Å². The van der Waals surface area contributed by atoms with Gasteiger partial charge >= 0.3 is 0 Å². The van der Waals surface area contributed by atoms with Crippen molar-refractivity contribution in [3.05, 3.63) is 97.2 Å². The van der Waals surface area contributed by atoms with Crippen LogP contribution in [0.2, 0.25) is 0 Å². The number of rotatable bonds is 49. The lowest BCUT2D eigenvalue weighted by Crippen LogP contribution is -2.45. The SMILES string of the molecule is C/C=C/CC/C=C/CC/C=C/C(O)C(COP(=O)([O-])OCC[N+](C)(C)C)NC(=O)CCCCCCCCCCCCCCCCCCCCCCC/C=C\C/C=C\C/C=C\C/C=C\C/C=C\CC. The van der Waals surface area contributed by atoms with Gasteiger partial charge in [-0.1, -0.05) is 226 Å². The standard InChI is InChI=1S/C59H105N2O6P/c1-6-8-10-12-14-16-17-18-19-20-21-22-23-24-25-26-27-28-29-30-31-32-33-34-35-36-37-38-39-40-41-42-43-45-47-49-51-53-59(63)60-57(56-67-68(64,65)66-55-54-61(3,4)5)58(62)52-50-48-46-44-15-13-11-9-7-2/h7-10,14-16,18-19,21-22,24-25,44,50,52,57-58,62H,6,11-13,17,20,23,26-43,45-49,51,53-56H2,1-5H3,(H-,60,63,64,65)/b9-7+,10-8-,16-14-,19-18-,22-21-,25-24-,44-15+,52-50+.